The summed E-state index contributed by atoms with van der Waals surface area (Å²) in [5, 5.41) is 21.0. The van der Waals surface area contributed by atoms with E-state index in [1.165, 1.54) is 18.2 Å². The monoisotopic (exact) mass is 413 g/mol. The van der Waals surface area contributed by atoms with Gasteiger partial charge in [0.1, 0.15) is 16.7 Å². The van der Waals surface area contributed by atoms with Crippen LogP contribution in [0.5, 0.6) is 0 Å². The summed E-state index contributed by atoms with van der Waals surface area (Å²) < 4.78 is 5.74. The number of benzene rings is 3. The predicted molar refractivity (Wildman–Crippen MR) is 111 cm³/mol. The summed E-state index contributed by atoms with van der Waals surface area (Å²) in [6, 6.07) is 15.5. The highest BCUT2D eigenvalue weighted by Crippen LogP contribution is 2.34. The largest absolute Gasteiger partial charge is 0.476 e. The molecule has 0 fully saturated rings. The van der Waals surface area contributed by atoms with Gasteiger partial charge in [-0.15, -0.1) is 0 Å². The van der Waals surface area contributed by atoms with Crippen molar-refractivity contribution in [2.45, 2.75) is 0 Å². The van der Waals surface area contributed by atoms with E-state index >= 15 is 0 Å². The number of carboxylic acids is 1. The molecule has 150 valence electrons. The smallest absolute Gasteiger partial charge is 0.355 e. The Labute approximate surface area is 172 Å². The van der Waals surface area contributed by atoms with Crippen LogP contribution < -0.4 is 5.43 Å². The summed E-state index contributed by atoms with van der Waals surface area (Å²) in [4.78, 5) is 43.6. The number of aromatic carboxylic acids is 1. The second-order valence-corrected chi connectivity index (χ2v) is 6.80. The van der Waals surface area contributed by atoms with Crippen molar-refractivity contribution in [1.29, 1.82) is 0 Å². The van der Waals surface area contributed by atoms with Gasteiger partial charge < -0.3 is 9.52 Å². The normalized spacial score (nSPS) is 11.2. The third-order valence-electron chi connectivity index (χ3n) is 4.90. The van der Waals surface area contributed by atoms with Gasteiger partial charge in [-0.25, -0.2) is 14.8 Å². The SMILES string of the molecule is O=C(O)c1nc2c(=O)cc3oc4cc([N+](=O)[O-])ccc4nc-3c2cc1-c1ccccc1. The van der Waals surface area contributed by atoms with E-state index < -0.39 is 16.3 Å². The van der Waals surface area contributed by atoms with Crippen molar-refractivity contribution in [3.8, 4) is 22.6 Å². The first-order valence-electron chi connectivity index (χ1n) is 9.08. The molecular weight excluding hydrogens is 402 g/mol. The third-order valence-corrected chi connectivity index (χ3v) is 4.90. The fourth-order valence-corrected chi connectivity index (χ4v) is 3.49. The van der Waals surface area contributed by atoms with Crippen LogP contribution in [0.4, 0.5) is 5.69 Å². The topological polar surface area (TPSA) is 136 Å². The van der Waals surface area contributed by atoms with Gasteiger partial charge in [-0.3, -0.25) is 14.9 Å². The molecule has 0 unspecified atom stereocenters. The first-order chi connectivity index (χ1) is 14.9. The minimum Gasteiger partial charge on any atom is -0.476 e. The van der Waals surface area contributed by atoms with E-state index in [1.54, 1.807) is 36.4 Å². The van der Waals surface area contributed by atoms with Gasteiger partial charge in [-0.05, 0) is 17.7 Å². The summed E-state index contributed by atoms with van der Waals surface area (Å²) in [6.45, 7) is 0. The molecule has 9 heteroatoms. The molecule has 0 spiro atoms. The summed E-state index contributed by atoms with van der Waals surface area (Å²) >= 11 is 0. The molecule has 0 amide bonds. The van der Waals surface area contributed by atoms with E-state index in [4.69, 9.17) is 4.42 Å². The lowest BCUT2D eigenvalue weighted by molar-refractivity contribution is -0.384. The van der Waals surface area contributed by atoms with E-state index in [9.17, 15) is 24.8 Å². The Kier molecular flexibility index (Phi) is 3.97. The number of non-ortho nitro benzene ring substituents is 1. The fourth-order valence-electron chi connectivity index (χ4n) is 3.49. The van der Waals surface area contributed by atoms with Gasteiger partial charge in [0, 0.05) is 23.1 Å². The van der Waals surface area contributed by atoms with Crippen LogP contribution in [-0.2, 0) is 0 Å². The molecule has 5 rings (SSSR count). The minimum atomic E-state index is -1.26. The van der Waals surface area contributed by atoms with Crippen molar-refractivity contribution in [1.82, 2.24) is 9.97 Å². The standard InChI is InChI=1S/C22H11N3O6/c26-16-10-18-20(23-15-7-6-12(25(29)30)8-17(15)31-18)14-9-13(11-4-2-1-3-5-11)21(22(27)28)24-19(14)16/h1-10H,(H,27,28). The van der Waals surface area contributed by atoms with E-state index in [2.05, 4.69) is 9.97 Å². The molecule has 0 saturated heterocycles. The van der Waals surface area contributed by atoms with Crippen LogP contribution in [-0.4, -0.2) is 26.0 Å². The number of hydrogen-bond acceptors (Lipinski definition) is 7. The van der Waals surface area contributed by atoms with Gasteiger partial charge in [0.15, 0.2) is 17.0 Å². The number of hydrogen-bond donors (Lipinski definition) is 1. The number of nitro benzene ring substituents is 1. The molecule has 1 aliphatic heterocycles. The number of pyridine rings is 1. The molecule has 1 N–H and O–H groups in total. The highest BCUT2D eigenvalue weighted by atomic mass is 16.6. The van der Waals surface area contributed by atoms with Gasteiger partial charge in [0.05, 0.1) is 11.0 Å². The average molecular weight is 413 g/mol. The number of nitro groups is 1. The lowest BCUT2D eigenvalue weighted by atomic mass is 9.99. The molecule has 2 aliphatic rings. The number of fused-ring (bicyclic) bond motifs is 4. The number of carbonyl (C=O) groups is 1. The van der Waals surface area contributed by atoms with Crippen LogP contribution >= 0.6 is 0 Å². The second kappa shape index (κ2) is 6.70. The maximum absolute atomic E-state index is 12.7. The maximum Gasteiger partial charge on any atom is 0.355 e. The highest BCUT2D eigenvalue weighted by Gasteiger charge is 2.22. The first kappa shape index (κ1) is 18.4. The molecule has 31 heavy (non-hydrogen) atoms. The molecule has 0 saturated carbocycles. The van der Waals surface area contributed by atoms with Crippen LogP contribution in [0, 0.1) is 10.1 Å². The highest BCUT2D eigenvalue weighted by molar-refractivity contribution is 6.02. The lowest BCUT2D eigenvalue weighted by Gasteiger charge is -2.12. The fraction of sp³-hybridized carbons (Fsp3) is 0. The van der Waals surface area contributed by atoms with Crippen LogP contribution in [0.15, 0.2) is 69.9 Å². The third kappa shape index (κ3) is 2.96. The molecule has 0 bridgehead atoms. The molecule has 9 nitrogen and oxygen atoms in total. The van der Waals surface area contributed by atoms with Crippen molar-refractivity contribution < 1.29 is 19.2 Å². The van der Waals surface area contributed by atoms with Crippen molar-refractivity contribution in [2.75, 3.05) is 0 Å². The number of aromatic nitrogens is 2. The molecule has 2 heterocycles. The van der Waals surface area contributed by atoms with E-state index in [-0.39, 0.29) is 28.2 Å². The van der Waals surface area contributed by atoms with Crippen molar-refractivity contribution in [3.05, 3.63) is 86.7 Å². The van der Waals surface area contributed by atoms with Crippen molar-refractivity contribution >= 4 is 33.7 Å². The Morgan fingerprint density at radius 2 is 1.81 bits per heavy atom. The number of rotatable bonds is 3. The van der Waals surface area contributed by atoms with Gasteiger partial charge >= 0.3 is 5.97 Å². The zero-order valence-corrected chi connectivity index (χ0v) is 15.6. The van der Waals surface area contributed by atoms with E-state index in [0.29, 0.717) is 27.7 Å². The Hall–Kier alpha value is -4.66. The Bertz CT molecular complexity index is 1560. The number of carboxylic acid groups (broad SMARTS) is 1. The predicted octanol–water partition coefficient (Wildman–Crippen LogP) is 4.11. The van der Waals surface area contributed by atoms with Gasteiger partial charge in [-0.2, -0.15) is 0 Å². The second-order valence-electron chi connectivity index (χ2n) is 6.80. The van der Waals surface area contributed by atoms with Gasteiger partial charge in [0.2, 0.25) is 5.43 Å². The minimum absolute atomic E-state index is 0.0476. The van der Waals surface area contributed by atoms with Crippen molar-refractivity contribution in [2.24, 2.45) is 0 Å². The molecule has 0 radical (unpaired) electrons. The Balaban J connectivity index is 1.89. The van der Waals surface area contributed by atoms with Gasteiger partial charge in [-0.1, -0.05) is 30.3 Å². The van der Waals surface area contributed by atoms with E-state index in [1.807, 2.05) is 0 Å². The zero-order valence-electron chi connectivity index (χ0n) is 15.6. The quantitative estimate of drug-likeness (QED) is 0.202. The van der Waals surface area contributed by atoms with E-state index in [0.717, 1.165) is 6.07 Å². The summed E-state index contributed by atoms with van der Waals surface area (Å²) in [7, 11) is 0. The first-order valence-corrected chi connectivity index (χ1v) is 9.08. The molecule has 2 aromatic carbocycles. The maximum atomic E-state index is 12.7. The molecule has 1 aromatic heterocycles. The summed E-state index contributed by atoms with van der Waals surface area (Å²) in [5.41, 5.74) is 0.750. The average Bonchev–Trinajstić information content (AvgIpc) is 2.77. The zero-order chi connectivity index (χ0) is 21.7. The van der Waals surface area contributed by atoms with Crippen LogP contribution in [0.2, 0.25) is 0 Å². The van der Waals surface area contributed by atoms with Crippen molar-refractivity contribution in [3.63, 3.8) is 0 Å². The lowest BCUT2D eigenvalue weighted by Crippen LogP contribution is -2.11. The van der Waals surface area contributed by atoms with Gasteiger partial charge in [0.25, 0.3) is 5.69 Å². The van der Waals surface area contributed by atoms with Crippen LogP contribution in [0.3, 0.4) is 0 Å². The Morgan fingerprint density at radius 3 is 2.52 bits per heavy atom. The molecule has 1 aliphatic carbocycles. The van der Waals surface area contributed by atoms with Crippen LogP contribution in [0.25, 0.3) is 44.6 Å². The molecular formula is C22H11N3O6. The Morgan fingerprint density at radius 1 is 1.03 bits per heavy atom. The summed E-state index contributed by atoms with van der Waals surface area (Å²) in [5.74, 6) is -1.14. The number of nitrogens with zero attached hydrogens (tertiary/aromatic N) is 3. The summed E-state index contributed by atoms with van der Waals surface area (Å²) in [6.07, 6.45) is 0. The molecule has 0 atom stereocenters. The molecule has 3 aromatic rings. The van der Waals surface area contributed by atoms with Crippen LogP contribution in [0.1, 0.15) is 10.5 Å².